The van der Waals surface area contributed by atoms with Crippen molar-refractivity contribution < 1.29 is 35.5 Å². The molecule has 1 unspecified atom stereocenters. The minimum absolute atomic E-state index is 0.173. The van der Waals surface area contributed by atoms with Crippen molar-refractivity contribution in [3.8, 4) is 5.75 Å². The van der Waals surface area contributed by atoms with Gasteiger partial charge >= 0.3 is 6.36 Å². The molecule has 238 valence electrons. The van der Waals surface area contributed by atoms with Crippen molar-refractivity contribution in [1.29, 1.82) is 0 Å². The van der Waals surface area contributed by atoms with E-state index in [-0.39, 0.29) is 23.0 Å². The quantitative estimate of drug-likeness (QED) is 0.202. The Hall–Kier alpha value is -2.25. The Morgan fingerprint density at radius 1 is 0.698 bits per heavy atom. The minimum atomic E-state index is -4.99. The second kappa shape index (κ2) is 13.8. The Balaban J connectivity index is 1.18. The summed E-state index contributed by atoms with van der Waals surface area (Å²) in [4.78, 5) is 0. The molecule has 5 rings (SSSR count). The zero-order valence-electron chi connectivity index (χ0n) is 25.0. The fourth-order valence-corrected chi connectivity index (χ4v) is 8.06. The first kappa shape index (κ1) is 32.2. The smallest absolute Gasteiger partial charge is 0.403 e. The van der Waals surface area contributed by atoms with Gasteiger partial charge in [0.1, 0.15) is 5.82 Å². The lowest BCUT2D eigenvalue weighted by molar-refractivity contribution is -0.275. The summed E-state index contributed by atoms with van der Waals surface area (Å²) in [5.74, 6) is -3.47. The van der Waals surface area contributed by atoms with Crippen LogP contribution in [0.1, 0.15) is 131 Å². The lowest BCUT2D eigenvalue weighted by atomic mass is 9.73. The minimum Gasteiger partial charge on any atom is -0.403 e. The van der Waals surface area contributed by atoms with Crippen LogP contribution >= 0.6 is 0 Å². The molecular weight excluding hydrogens is 569 g/mol. The normalized spacial score (nSPS) is 26.3. The highest BCUT2D eigenvalue weighted by Crippen LogP contribution is 2.45. The van der Waals surface area contributed by atoms with Gasteiger partial charge in [0.2, 0.25) is 0 Å². The molecule has 0 radical (unpaired) electrons. The standard InChI is InChI=1S/C35H43F7O/c1-2-3-4-21-5-7-22(8-6-21)9-10-23-11-17-27-28(19-23)33(38)34(39)31(32(27)37)25-14-12-24(13-15-25)26-16-18-30(29(36)20-26)43-35(40,41)42/h16,18,20-25H,2-15,17,19H2,1H3. The highest BCUT2D eigenvalue weighted by Gasteiger charge is 2.36. The number of halogens is 7. The average Bonchev–Trinajstić information content (AvgIpc) is 2.99. The number of hydrogen-bond acceptors (Lipinski definition) is 1. The van der Waals surface area contributed by atoms with Gasteiger partial charge in [0.15, 0.2) is 23.2 Å². The zero-order valence-corrected chi connectivity index (χ0v) is 25.0. The van der Waals surface area contributed by atoms with Crippen LogP contribution in [0.5, 0.6) is 5.75 Å². The highest BCUT2D eigenvalue weighted by atomic mass is 19.4. The summed E-state index contributed by atoms with van der Waals surface area (Å²) in [5.41, 5.74) is 0.876. The molecule has 1 atom stereocenters. The Morgan fingerprint density at radius 2 is 1.33 bits per heavy atom. The van der Waals surface area contributed by atoms with Crippen LogP contribution in [0, 0.1) is 41.0 Å². The van der Waals surface area contributed by atoms with E-state index in [0.717, 1.165) is 37.3 Å². The first-order valence-corrected chi connectivity index (χ1v) is 16.3. The van der Waals surface area contributed by atoms with E-state index >= 15 is 13.2 Å². The first-order valence-electron chi connectivity index (χ1n) is 16.3. The van der Waals surface area contributed by atoms with Gasteiger partial charge in [-0.1, -0.05) is 64.4 Å². The van der Waals surface area contributed by atoms with Crippen LogP contribution < -0.4 is 4.74 Å². The largest absolute Gasteiger partial charge is 0.573 e. The summed E-state index contributed by atoms with van der Waals surface area (Å²) in [5, 5.41) is 0. The third-order valence-electron chi connectivity index (χ3n) is 10.6. The van der Waals surface area contributed by atoms with E-state index in [9.17, 15) is 17.6 Å². The van der Waals surface area contributed by atoms with Crippen LogP contribution in [0.25, 0.3) is 0 Å². The maximum atomic E-state index is 15.8. The number of alkyl halides is 3. The molecule has 1 nitrogen and oxygen atoms in total. The number of benzene rings is 2. The second-order valence-electron chi connectivity index (χ2n) is 13.3. The van der Waals surface area contributed by atoms with Crippen molar-refractivity contribution in [2.45, 2.75) is 128 Å². The van der Waals surface area contributed by atoms with Crippen molar-refractivity contribution in [3.63, 3.8) is 0 Å². The third kappa shape index (κ3) is 7.70. The molecule has 2 saturated carbocycles. The van der Waals surface area contributed by atoms with Crippen molar-refractivity contribution in [1.82, 2.24) is 0 Å². The molecule has 0 aromatic heterocycles. The van der Waals surface area contributed by atoms with Crippen molar-refractivity contribution in [2.75, 3.05) is 0 Å². The number of rotatable bonds is 9. The number of fused-ring (bicyclic) bond motifs is 1. The number of unbranched alkanes of at least 4 members (excludes halogenated alkanes) is 1. The average molecular weight is 613 g/mol. The van der Waals surface area contributed by atoms with Crippen LogP contribution in [0.4, 0.5) is 30.7 Å². The Labute approximate surface area is 250 Å². The van der Waals surface area contributed by atoms with Gasteiger partial charge in [-0.3, -0.25) is 0 Å². The van der Waals surface area contributed by atoms with E-state index < -0.39 is 41.3 Å². The molecule has 43 heavy (non-hydrogen) atoms. The molecule has 0 N–H and O–H groups in total. The third-order valence-corrected chi connectivity index (χ3v) is 10.6. The van der Waals surface area contributed by atoms with Crippen LogP contribution in [0.2, 0.25) is 0 Å². The van der Waals surface area contributed by atoms with Crippen molar-refractivity contribution >= 4 is 0 Å². The van der Waals surface area contributed by atoms with Crippen LogP contribution in [0.3, 0.4) is 0 Å². The molecular formula is C35H43F7O. The number of ether oxygens (including phenoxy) is 1. The maximum absolute atomic E-state index is 15.8. The summed E-state index contributed by atoms with van der Waals surface area (Å²) in [6, 6.07) is 3.37. The molecule has 0 saturated heterocycles. The molecule has 2 aromatic rings. The van der Waals surface area contributed by atoms with Crippen LogP contribution in [-0.2, 0) is 12.8 Å². The van der Waals surface area contributed by atoms with E-state index in [0.29, 0.717) is 55.6 Å². The van der Waals surface area contributed by atoms with E-state index in [1.807, 2.05) is 0 Å². The lowest BCUT2D eigenvalue weighted by Gasteiger charge is -2.33. The van der Waals surface area contributed by atoms with Gasteiger partial charge in [-0.05, 0) is 110 Å². The molecule has 0 heterocycles. The molecule has 8 heteroatoms. The monoisotopic (exact) mass is 612 g/mol. The molecule has 3 aliphatic carbocycles. The predicted octanol–water partition coefficient (Wildman–Crippen LogP) is 11.5. The molecule has 0 aliphatic heterocycles. The van der Waals surface area contributed by atoms with Crippen molar-refractivity contribution in [2.24, 2.45) is 17.8 Å². The summed E-state index contributed by atoms with van der Waals surface area (Å²) >= 11 is 0. The van der Waals surface area contributed by atoms with Gasteiger partial charge in [-0.15, -0.1) is 13.2 Å². The van der Waals surface area contributed by atoms with Gasteiger partial charge in [-0.25, -0.2) is 17.6 Å². The van der Waals surface area contributed by atoms with E-state index in [2.05, 4.69) is 11.7 Å². The van der Waals surface area contributed by atoms with Gasteiger partial charge in [-0.2, -0.15) is 0 Å². The van der Waals surface area contributed by atoms with E-state index in [1.54, 1.807) is 0 Å². The molecule has 3 aliphatic rings. The molecule has 2 fully saturated rings. The zero-order chi connectivity index (χ0) is 30.7. The van der Waals surface area contributed by atoms with Crippen LogP contribution in [0.15, 0.2) is 18.2 Å². The van der Waals surface area contributed by atoms with Crippen LogP contribution in [-0.4, -0.2) is 6.36 Å². The van der Waals surface area contributed by atoms with Gasteiger partial charge < -0.3 is 4.74 Å². The first-order chi connectivity index (χ1) is 20.5. The van der Waals surface area contributed by atoms with Crippen molar-refractivity contribution in [3.05, 3.63) is 63.7 Å². The van der Waals surface area contributed by atoms with Gasteiger partial charge in [0.25, 0.3) is 0 Å². The topological polar surface area (TPSA) is 9.23 Å². The number of hydrogen-bond donors (Lipinski definition) is 0. The Morgan fingerprint density at radius 3 is 1.95 bits per heavy atom. The molecule has 2 aromatic carbocycles. The fraction of sp³-hybridized carbons (Fsp3) is 0.657. The fourth-order valence-electron chi connectivity index (χ4n) is 8.06. The Bertz CT molecular complexity index is 1240. The predicted molar refractivity (Wildman–Crippen MR) is 153 cm³/mol. The lowest BCUT2D eigenvalue weighted by Crippen LogP contribution is -2.23. The highest BCUT2D eigenvalue weighted by molar-refractivity contribution is 5.41. The summed E-state index contributed by atoms with van der Waals surface area (Å²) in [6.07, 6.45) is 9.35. The summed E-state index contributed by atoms with van der Waals surface area (Å²) < 4.78 is 102. The van der Waals surface area contributed by atoms with E-state index in [1.165, 1.54) is 51.0 Å². The van der Waals surface area contributed by atoms with Gasteiger partial charge in [0.05, 0.1) is 0 Å². The summed E-state index contributed by atoms with van der Waals surface area (Å²) in [6.45, 7) is 2.24. The van der Waals surface area contributed by atoms with E-state index in [4.69, 9.17) is 0 Å². The summed E-state index contributed by atoms with van der Waals surface area (Å²) in [7, 11) is 0. The Kier molecular flexibility index (Phi) is 10.3. The molecule has 0 spiro atoms. The molecule has 0 amide bonds. The maximum Gasteiger partial charge on any atom is 0.573 e. The molecule has 0 bridgehead atoms. The SMILES string of the molecule is CCCCC1CCC(CCC2CCc3c(F)c(C4CCC(c5ccc(OC(F)(F)F)c(F)c5)CC4)c(F)c(F)c3C2)CC1. The second-order valence-corrected chi connectivity index (χ2v) is 13.3. The van der Waals surface area contributed by atoms with Gasteiger partial charge in [0, 0.05) is 5.56 Å².